The Kier molecular flexibility index (Phi) is 3.96. The Balaban J connectivity index is 1.79. The third-order valence-corrected chi connectivity index (χ3v) is 4.87. The van der Waals surface area contributed by atoms with Gasteiger partial charge in [-0.2, -0.15) is 0 Å². The van der Waals surface area contributed by atoms with Crippen LogP contribution in [0, 0.1) is 6.92 Å². The number of hydrogen-bond acceptors (Lipinski definition) is 4. The van der Waals surface area contributed by atoms with E-state index in [1.165, 1.54) is 4.90 Å². The molecule has 1 amide bonds. The Labute approximate surface area is 134 Å². The lowest BCUT2D eigenvalue weighted by atomic mass is 10.2. The Morgan fingerprint density at radius 3 is 2.48 bits per heavy atom. The van der Waals surface area contributed by atoms with Crippen LogP contribution in [0.3, 0.4) is 0 Å². The summed E-state index contributed by atoms with van der Waals surface area (Å²) >= 11 is 0. The first-order valence-electron chi connectivity index (χ1n) is 7.09. The van der Waals surface area contributed by atoms with Crippen LogP contribution in [-0.4, -0.2) is 27.7 Å². The first-order chi connectivity index (χ1) is 11.0. The fourth-order valence-corrected chi connectivity index (χ4v) is 3.50. The van der Waals surface area contributed by atoms with Gasteiger partial charge in [-0.1, -0.05) is 12.1 Å². The Hall–Kier alpha value is -2.54. The zero-order valence-corrected chi connectivity index (χ0v) is 13.3. The number of aryl methyl sites for hydroxylation is 1. The number of cyclic esters (lactones) is 1. The quantitative estimate of drug-likeness (QED) is 0.934. The van der Waals surface area contributed by atoms with Gasteiger partial charge >= 0.3 is 6.09 Å². The molecule has 0 radical (unpaired) electrons. The Morgan fingerprint density at radius 1 is 1.13 bits per heavy atom. The zero-order valence-electron chi connectivity index (χ0n) is 12.5. The maximum absolute atomic E-state index is 12.4. The average Bonchev–Trinajstić information content (AvgIpc) is 2.94. The molecule has 0 aromatic heterocycles. The van der Waals surface area contributed by atoms with Crippen LogP contribution in [0.4, 0.5) is 16.2 Å². The molecule has 1 aliphatic rings. The maximum atomic E-state index is 12.4. The molecule has 0 bridgehead atoms. The summed E-state index contributed by atoms with van der Waals surface area (Å²) in [4.78, 5) is 13.2. The highest BCUT2D eigenvalue weighted by Gasteiger charge is 2.23. The summed E-state index contributed by atoms with van der Waals surface area (Å²) in [5.41, 5.74) is 1.98. The largest absolute Gasteiger partial charge is 0.447 e. The SMILES string of the molecule is Cc1cccc(S(=O)(=O)Nc2ccc(N3CCOC3=O)cc2)c1. The van der Waals surface area contributed by atoms with Crippen LogP contribution in [0.15, 0.2) is 53.4 Å². The summed E-state index contributed by atoms with van der Waals surface area (Å²) in [6.07, 6.45) is -0.391. The van der Waals surface area contributed by atoms with E-state index in [2.05, 4.69) is 4.72 Å². The van der Waals surface area contributed by atoms with E-state index in [0.717, 1.165) is 5.56 Å². The van der Waals surface area contributed by atoms with Gasteiger partial charge in [0.05, 0.1) is 11.4 Å². The molecule has 120 valence electrons. The molecule has 1 fully saturated rings. The van der Waals surface area contributed by atoms with Gasteiger partial charge in [-0.15, -0.1) is 0 Å². The van der Waals surface area contributed by atoms with Crippen molar-refractivity contribution in [1.82, 2.24) is 0 Å². The molecule has 0 aliphatic carbocycles. The molecule has 7 heteroatoms. The van der Waals surface area contributed by atoms with Crippen LogP contribution in [0.5, 0.6) is 0 Å². The van der Waals surface area contributed by atoms with Gasteiger partial charge in [0.2, 0.25) is 0 Å². The molecule has 0 spiro atoms. The first-order valence-corrected chi connectivity index (χ1v) is 8.58. The van der Waals surface area contributed by atoms with Crippen molar-refractivity contribution in [2.24, 2.45) is 0 Å². The zero-order chi connectivity index (χ0) is 16.4. The lowest BCUT2D eigenvalue weighted by molar-refractivity contribution is 0.181. The van der Waals surface area contributed by atoms with E-state index < -0.39 is 16.1 Å². The summed E-state index contributed by atoms with van der Waals surface area (Å²) in [6, 6.07) is 13.3. The number of nitrogens with one attached hydrogen (secondary N) is 1. The highest BCUT2D eigenvalue weighted by molar-refractivity contribution is 7.92. The van der Waals surface area contributed by atoms with E-state index in [1.54, 1.807) is 42.5 Å². The molecule has 1 N–H and O–H groups in total. The lowest BCUT2D eigenvalue weighted by Gasteiger charge is -2.14. The van der Waals surface area contributed by atoms with Crippen molar-refractivity contribution in [2.45, 2.75) is 11.8 Å². The number of carbonyl (C=O) groups excluding carboxylic acids is 1. The first kappa shape index (κ1) is 15.4. The molecule has 1 heterocycles. The molecule has 1 aliphatic heterocycles. The third kappa shape index (κ3) is 3.29. The van der Waals surface area contributed by atoms with Crippen molar-refractivity contribution in [2.75, 3.05) is 22.8 Å². The van der Waals surface area contributed by atoms with Gasteiger partial charge in [0, 0.05) is 11.4 Å². The number of ether oxygens (including phenoxy) is 1. The van der Waals surface area contributed by atoms with Crippen LogP contribution < -0.4 is 9.62 Å². The van der Waals surface area contributed by atoms with Gasteiger partial charge in [0.1, 0.15) is 6.61 Å². The van der Waals surface area contributed by atoms with E-state index >= 15 is 0 Å². The topological polar surface area (TPSA) is 75.7 Å². The lowest BCUT2D eigenvalue weighted by Crippen LogP contribution is -2.23. The number of nitrogens with zero attached hydrogens (tertiary/aromatic N) is 1. The van der Waals surface area contributed by atoms with E-state index in [1.807, 2.05) is 13.0 Å². The van der Waals surface area contributed by atoms with Crippen molar-refractivity contribution >= 4 is 27.5 Å². The molecule has 2 aromatic carbocycles. The van der Waals surface area contributed by atoms with E-state index in [-0.39, 0.29) is 4.90 Å². The predicted octanol–water partition coefficient (Wildman–Crippen LogP) is 2.75. The normalized spacial score (nSPS) is 14.7. The van der Waals surface area contributed by atoms with Crippen molar-refractivity contribution < 1.29 is 17.9 Å². The Bertz CT molecular complexity index is 831. The summed E-state index contributed by atoms with van der Waals surface area (Å²) in [6.45, 7) is 2.69. The number of sulfonamides is 1. The second-order valence-electron chi connectivity index (χ2n) is 5.23. The molecule has 0 saturated carbocycles. The minimum atomic E-state index is -3.63. The molecule has 3 rings (SSSR count). The number of hydrogen-bond donors (Lipinski definition) is 1. The summed E-state index contributed by atoms with van der Waals surface area (Å²) < 4.78 is 32.1. The van der Waals surface area contributed by atoms with E-state index in [4.69, 9.17) is 4.74 Å². The number of amides is 1. The van der Waals surface area contributed by atoms with Crippen molar-refractivity contribution in [1.29, 1.82) is 0 Å². The van der Waals surface area contributed by atoms with Crippen LogP contribution >= 0.6 is 0 Å². The summed E-state index contributed by atoms with van der Waals surface area (Å²) in [5.74, 6) is 0. The monoisotopic (exact) mass is 332 g/mol. The average molecular weight is 332 g/mol. The highest BCUT2D eigenvalue weighted by atomic mass is 32.2. The fourth-order valence-electron chi connectivity index (χ4n) is 2.33. The number of rotatable bonds is 4. The molecule has 0 unspecified atom stereocenters. The molecular weight excluding hydrogens is 316 g/mol. The predicted molar refractivity (Wildman–Crippen MR) is 87.1 cm³/mol. The van der Waals surface area contributed by atoms with Gasteiger partial charge in [-0.25, -0.2) is 13.2 Å². The number of anilines is 2. The standard InChI is InChI=1S/C16H16N2O4S/c1-12-3-2-4-15(11-12)23(20,21)17-13-5-7-14(8-6-13)18-9-10-22-16(18)19/h2-8,11,17H,9-10H2,1H3. The second-order valence-corrected chi connectivity index (χ2v) is 6.92. The summed E-state index contributed by atoms with van der Waals surface area (Å²) in [7, 11) is -3.63. The molecule has 1 saturated heterocycles. The summed E-state index contributed by atoms with van der Waals surface area (Å²) in [5, 5.41) is 0. The minimum Gasteiger partial charge on any atom is -0.447 e. The Morgan fingerprint density at radius 2 is 1.87 bits per heavy atom. The van der Waals surface area contributed by atoms with Crippen molar-refractivity contribution in [3.63, 3.8) is 0 Å². The van der Waals surface area contributed by atoms with Gasteiger partial charge in [-0.05, 0) is 48.9 Å². The van der Waals surface area contributed by atoms with Crippen molar-refractivity contribution in [3.05, 3.63) is 54.1 Å². The van der Waals surface area contributed by atoms with Gasteiger partial charge in [0.15, 0.2) is 0 Å². The molecule has 0 atom stereocenters. The van der Waals surface area contributed by atoms with Crippen molar-refractivity contribution in [3.8, 4) is 0 Å². The fraction of sp³-hybridized carbons (Fsp3) is 0.188. The third-order valence-electron chi connectivity index (χ3n) is 3.49. The highest BCUT2D eigenvalue weighted by Crippen LogP contribution is 2.23. The molecule has 6 nitrogen and oxygen atoms in total. The molecule has 23 heavy (non-hydrogen) atoms. The van der Waals surface area contributed by atoms with Crippen LogP contribution in [0.2, 0.25) is 0 Å². The number of benzene rings is 2. The van der Waals surface area contributed by atoms with E-state index in [0.29, 0.717) is 24.5 Å². The molecule has 2 aromatic rings. The smallest absolute Gasteiger partial charge is 0.414 e. The van der Waals surface area contributed by atoms with Crippen LogP contribution in [-0.2, 0) is 14.8 Å². The minimum absolute atomic E-state index is 0.213. The van der Waals surface area contributed by atoms with Crippen LogP contribution in [0.25, 0.3) is 0 Å². The second kappa shape index (κ2) is 5.92. The van der Waals surface area contributed by atoms with Gasteiger partial charge in [-0.3, -0.25) is 9.62 Å². The van der Waals surface area contributed by atoms with E-state index in [9.17, 15) is 13.2 Å². The maximum Gasteiger partial charge on any atom is 0.414 e. The molecular formula is C16H16N2O4S. The van der Waals surface area contributed by atoms with Gasteiger partial charge in [0.25, 0.3) is 10.0 Å². The van der Waals surface area contributed by atoms with Gasteiger partial charge < -0.3 is 4.74 Å². The number of carbonyl (C=O) groups is 1. The van der Waals surface area contributed by atoms with Crippen LogP contribution in [0.1, 0.15) is 5.56 Å².